The third-order valence-corrected chi connectivity index (χ3v) is 3.93. The van der Waals surface area contributed by atoms with Crippen LogP contribution in [0, 0.1) is 0 Å². The predicted molar refractivity (Wildman–Crippen MR) is 101 cm³/mol. The maximum absolute atomic E-state index is 6.19. The van der Waals surface area contributed by atoms with E-state index in [2.05, 4.69) is 53.6 Å². The van der Waals surface area contributed by atoms with Crippen LogP contribution >= 0.6 is 0 Å². The minimum absolute atomic E-state index is 0.824. The second-order valence-corrected chi connectivity index (χ2v) is 5.95. The van der Waals surface area contributed by atoms with Gasteiger partial charge in [0.2, 0.25) is 0 Å². The summed E-state index contributed by atoms with van der Waals surface area (Å²) in [6, 6.07) is 0. The molecule has 2 nitrogen and oxygen atoms in total. The van der Waals surface area contributed by atoms with Crippen LogP contribution in [0.15, 0.2) is 87.3 Å². The molecule has 0 spiro atoms. The van der Waals surface area contributed by atoms with Crippen molar-refractivity contribution in [2.24, 2.45) is 10.7 Å². The fourth-order valence-electron chi connectivity index (χ4n) is 2.52. The SMILES string of the molecule is CC=N/C(=C\C(=C\C(N)=C(C)C)C1=CC=CCC1)C1=CC=CC1. The van der Waals surface area contributed by atoms with Crippen LogP contribution < -0.4 is 5.73 Å². The lowest BCUT2D eigenvalue weighted by molar-refractivity contribution is 0.974. The van der Waals surface area contributed by atoms with E-state index in [0.717, 1.165) is 41.8 Å². The summed E-state index contributed by atoms with van der Waals surface area (Å²) in [6.07, 6.45) is 22.0. The van der Waals surface area contributed by atoms with Crippen LogP contribution in [-0.2, 0) is 0 Å². The molecule has 0 saturated heterocycles. The Morgan fingerprint density at radius 2 is 1.83 bits per heavy atom. The van der Waals surface area contributed by atoms with Gasteiger partial charge in [0, 0.05) is 11.9 Å². The summed E-state index contributed by atoms with van der Waals surface area (Å²) in [5.74, 6) is 0. The number of allylic oxidation sites excluding steroid dienone is 12. The fraction of sp³-hybridized carbons (Fsp3) is 0.286. The normalized spacial score (nSPS) is 18.4. The van der Waals surface area contributed by atoms with Gasteiger partial charge in [-0.15, -0.1) is 0 Å². The van der Waals surface area contributed by atoms with Gasteiger partial charge in [0.15, 0.2) is 0 Å². The van der Waals surface area contributed by atoms with Gasteiger partial charge in [0.1, 0.15) is 0 Å². The highest BCUT2D eigenvalue weighted by atomic mass is 14.7. The maximum atomic E-state index is 6.19. The van der Waals surface area contributed by atoms with E-state index in [0.29, 0.717) is 0 Å². The lowest BCUT2D eigenvalue weighted by Gasteiger charge is -2.13. The van der Waals surface area contributed by atoms with Crippen LogP contribution in [0.2, 0.25) is 0 Å². The molecule has 0 saturated carbocycles. The molecule has 0 aromatic heterocycles. The molecule has 0 heterocycles. The van der Waals surface area contributed by atoms with Gasteiger partial charge in [-0.1, -0.05) is 42.0 Å². The fourth-order valence-corrected chi connectivity index (χ4v) is 2.52. The predicted octanol–water partition coefficient (Wildman–Crippen LogP) is 5.30. The first-order chi connectivity index (χ1) is 11.1. The van der Waals surface area contributed by atoms with Crippen LogP contribution in [-0.4, -0.2) is 6.21 Å². The number of aliphatic imine (C=N–C) groups is 1. The molecular formula is C21H26N2. The van der Waals surface area contributed by atoms with Gasteiger partial charge in [-0.2, -0.15) is 0 Å². The van der Waals surface area contributed by atoms with Crippen molar-refractivity contribution in [3.8, 4) is 0 Å². The molecule has 0 unspecified atom stereocenters. The highest BCUT2D eigenvalue weighted by Crippen LogP contribution is 2.28. The molecular weight excluding hydrogens is 280 g/mol. The Bertz CT molecular complexity index is 685. The number of nitrogens with zero attached hydrogens (tertiary/aromatic N) is 1. The first-order valence-corrected chi connectivity index (χ1v) is 8.19. The van der Waals surface area contributed by atoms with E-state index < -0.39 is 0 Å². The number of nitrogens with two attached hydrogens (primary N) is 1. The van der Waals surface area contributed by atoms with Gasteiger partial charge >= 0.3 is 0 Å². The van der Waals surface area contributed by atoms with Crippen LogP contribution in [0.1, 0.15) is 40.0 Å². The molecule has 0 aromatic carbocycles. The molecule has 0 aliphatic heterocycles. The zero-order chi connectivity index (χ0) is 16.7. The summed E-state index contributed by atoms with van der Waals surface area (Å²) < 4.78 is 0. The van der Waals surface area contributed by atoms with E-state index in [4.69, 9.17) is 5.73 Å². The Balaban J connectivity index is 2.47. The Hall–Kier alpha value is -2.35. The average molecular weight is 306 g/mol. The van der Waals surface area contributed by atoms with E-state index in [9.17, 15) is 0 Å². The molecule has 0 fully saturated rings. The van der Waals surface area contributed by atoms with Crippen molar-refractivity contribution in [2.45, 2.75) is 40.0 Å². The van der Waals surface area contributed by atoms with Crippen molar-refractivity contribution >= 4 is 6.21 Å². The standard InChI is InChI=1S/C21H26N2/c1-4-23-21(18-12-8-9-13-18)15-19(14-20(22)16(2)3)17-10-6-5-7-11-17/h4-6,8-10,12,14-15H,7,11,13,22H2,1-3H3/b19-14-,21-15-,23-4?. The highest BCUT2D eigenvalue weighted by molar-refractivity contribution is 5.60. The van der Waals surface area contributed by atoms with E-state index in [1.54, 1.807) is 0 Å². The van der Waals surface area contributed by atoms with Crippen molar-refractivity contribution in [1.82, 2.24) is 0 Å². The first kappa shape index (κ1) is 17.0. The third-order valence-electron chi connectivity index (χ3n) is 3.93. The Morgan fingerprint density at radius 3 is 2.39 bits per heavy atom. The minimum Gasteiger partial charge on any atom is -0.399 e. The molecule has 2 N–H and O–H groups in total. The summed E-state index contributed by atoms with van der Waals surface area (Å²) >= 11 is 0. The number of hydrogen-bond donors (Lipinski definition) is 1. The second-order valence-electron chi connectivity index (χ2n) is 5.95. The molecule has 2 aliphatic carbocycles. The summed E-state index contributed by atoms with van der Waals surface area (Å²) in [4.78, 5) is 4.58. The van der Waals surface area contributed by atoms with Crippen LogP contribution in [0.4, 0.5) is 0 Å². The number of rotatable bonds is 5. The molecule has 0 radical (unpaired) electrons. The lowest BCUT2D eigenvalue weighted by Crippen LogP contribution is -2.00. The lowest BCUT2D eigenvalue weighted by atomic mass is 9.94. The van der Waals surface area contributed by atoms with Crippen LogP contribution in [0.5, 0.6) is 0 Å². The summed E-state index contributed by atoms with van der Waals surface area (Å²) in [5, 5.41) is 0. The molecule has 2 aliphatic rings. The third kappa shape index (κ3) is 4.82. The maximum Gasteiger partial charge on any atom is 0.0666 e. The molecule has 120 valence electrons. The highest BCUT2D eigenvalue weighted by Gasteiger charge is 2.10. The molecule has 0 bridgehead atoms. The van der Waals surface area contributed by atoms with E-state index >= 15 is 0 Å². The largest absolute Gasteiger partial charge is 0.399 e. The average Bonchev–Trinajstić information content (AvgIpc) is 3.08. The first-order valence-electron chi connectivity index (χ1n) is 8.19. The van der Waals surface area contributed by atoms with Gasteiger partial charge < -0.3 is 5.73 Å². The van der Waals surface area contributed by atoms with Crippen molar-refractivity contribution < 1.29 is 0 Å². The van der Waals surface area contributed by atoms with Crippen LogP contribution in [0.3, 0.4) is 0 Å². The molecule has 0 aromatic rings. The minimum atomic E-state index is 0.824. The van der Waals surface area contributed by atoms with Gasteiger partial charge in [0.25, 0.3) is 0 Å². The van der Waals surface area contributed by atoms with Gasteiger partial charge in [-0.05, 0) is 68.9 Å². The summed E-state index contributed by atoms with van der Waals surface area (Å²) in [6.45, 7) is 6.03. The Labute approximate surface area is 139 Å². The monoisotopic (exact) mass is 306 g/mol. The van der Waals surface area contributed by atoms with Gasteiger partial charge in [0.05, 0.1) is 5.70 Å². The molecule has 2 rings (SSSR count). The number of hydrogen-bond acceptors (Lipinski definition) is 2. The summed E-state index contributed by atoms with van der Waals surface area (Å²) in [5.41, 5.74) is 12.9. The quantitative estimate of drug-likeness (QED) is 0.543. The molecule has 0 amide bonds. The van der Waals surface area contributed by atoms with E-state index in [1.165, 1.54) is 11.1 Å². The second kappa shape index (κ2) is 8.33. The van der Waals surface area contributed by atoms with Crippen molar-refractivity contribution in [2.75, 3.05) is 0 Å². The van der Waals surface area contributed by atoms with Gasteiger partial charge in [-0.3, -0.25) is 4.99 Å². The smallest absolute Gasteiger partial charge is 0.0666 e. The van der Waals surface area contributed by atoms with Crippen molar-refractivity contribution in [1.29, 1.82) is 0 Å². The zero-order valence-corrected chi connectivity index (χ0v) is 14.3. The Morgan fingerprint density at radius 1 is 1.09 bits per heavy atom. The van der Waals surface area contributed by atoms with E-state index in [1.807, 2.05) is 27.0 Å². The van der Waals surface area contributed by atoms with Gasteiger partial charge in [-0.25, -0.2) is 0 Å². The molecule has 23 heavy (non-hydrogen) atoms. The Kier molecular flexibility index (Phi) is 6.16. The molecule has 0 atom stereocenters. The topological polar surface area (TPSA) is 38.4 Å². The van der Waals surface area contributed by atoms with Crippen molar-refractivity contribution in [3.05, 3.63) is 82.3 Å². The molecule has 2 heteroatoms. The zero-order valence-electron chi connectivity index (χ0n) is 14.3. The van der Waals surface area contributed by atoms with Crippen LogP contribution in [0.25, 0.3) is 0 Å². The van der Waals surface area contributed by atoms with Crippen molar-refractivity contribution in [3.63, 3.8) is 0 Å². The summed E-state index contributed by atoms with van der Waals surface area (Å²) in [7, 11) is 0. The van der Waals surface area contributed by atoms with E-state index in [-0.39, 0.29) is 0 Å².